The minimum Gasteiger partial charge on any atom is -0.344 e. The molecule has 0 atom stereocenters. The van der Waals surface area contributed by atoms with Crippen molar-refractivity contribution >= 4 is 10.9 Å². The van der Waals surface area contributed by atoms with E-state index in [1.807, 2.05) is 33.0 Å². The van der Waals surface area contributed by atoms with Crippen molar-refractivity contribution in [1.82, 2.24) is 4.57 Å². The molecule has 0 N–H and O–H groups in total. The lowest BCUT2D eigenvalue weighted by molar-refractivity contribution is 0.524. The first kappa shape index (κ1) is 13.3. The molecular weight excluding hydrogens is 253 g/mol. The van der Waals surface area contributed by atoms with Gasteiger partial charge in [-0.05, 0) is 42.9 Å². The number of rotatable bonds is 1. The first-order chi connectivity index (χ1) is 9.29. The Morgan fingerprint density at radius 3 is 2.45 bits per heavy atom. The maximum absolute atomic E-state index is 14.3. The van der Waals surface area contributed by atoms with Gasteiger partial charge in [0.2, 0.25) is 0 Å². The Hall–Kier alpha value is -1.64. The van der Waals surface area contributed by atoms with Crippen LogP contribution in [-0.4, -0.2) is 4.57 Å². The van der Waals surface area contributed by atoms with Gasteiger partial charge in [-0.15, -0.1) is 0 Å². The van der Waals surface area contributed by atoms with E-state index in [4.69, 9.17) is 0 Å². The molecule has 0 radical (unpaired) electrons. The third-order valence-corrected chi connectivity index (χ3v) is 4.05. The highest BCUT2D eigenvalue weighted by atomic mass is 19.1. The van der Waals surface area contributed by atoms with Crippen LogP contribution >= 0.6 is 0 Å². The van der Waals surface area contributed by atoms with Gasteiger partial charge in [0.1, 0.15) is 5.82 Å². The summed E-state index contributed by atoms with van der Waals surface area (Å²) in [6.07, 6.45) is 4.20. The van der Waals surface area contributed by atoms with Gasteiger partial charge in [-0.25, -0.2) is 4.39 Å². The number of hydrogen-bond acceptors (Lipinski definition) is 1. The number of aryl methyl sites for hydroxylation is 1. The van der Waals surface area contributed by atoms with E-state index in [0.29, 0.717) is 22.6 Å². The summed E-state index contributed by atoms with van der Waals surface area (Å²) >= 11 is 0. The van der Waals surface area contributed by atoms with E-state index in [-0.39, 0.29) is 16.7 Å². The van der Waals surface area contributed by atoms with Gasteiger partial charge < -0.3 is 4.57 Å². The molecule has 0 bridgehead atoms. The zero-order chi connectivity index (χ0) is 14.7. The Labute approximate surface area is 118 Å². The van der Waals surface area contributed by atoms with E-state index < -0.39 is 0 Å². The zero-order valence-electron chi connectivity index (χ0n) is 12.5. The lowest BCUT2D eigenvalue weighted by atomic mass is 9.86. The molecule has 1 heterocycles. The maximum atomic E-state index is 14.3. The molecule has 0 aliphatic heterocycles. The molecule has 106 valence electrons. The quantitative estimate of drug-likeness (QED) is 0.767. The van der Waals surface area contributed by atoms with Crippen molar-refractivity contribution in [3.8, 4) is 0 Å². The van der Waals surface area contributed by atoms with Crippen LogP contribution in [0.1, 0.15) is 50.8 Å². The normalized spacial score (nSPS) is 15.8. The van der Waals surface area contributed by atoms with Gasteiger partial charge >= 0.3 is 0 Å². The highest BCUT2D eigenvalue weighted by molar-refractivity contribution is 5.81. The van der Waals surface area contributed by atoms with Crippen LogP contribution < -0.4 is 5.43 Å². The van der Waals surface area contributed by atoms with E-state index in [1.165, 1.54) is 6.07 Å². The van der Waals surface area contributed by atoms with Gasteiger partial charge in [0.25, 0.3) is 0 Å². The molecule has 0 unspecified atom stereocenters. The SMILES string of the molecule is Cc1cn(C2CC2)c2cc(C(C)(C)C)c(F)cc2c1=O. The second-order valence-electron chi connectivity index (χ2n) is 6.88. The van der Waals surface area contributed by atoms with Crippen LogP contribution in [0.25, 0.3) is 10.9 Å². The average molecular weight is 273 g/mol. The van der Waals surface area contributed by atoms with Crippen LogP contribution in [0.3, 0.4) is 0 Å². The monoisotopic (exact) mass is 273 g/mol. The fraction of sp³-hybridized carbons (Fsp3) is 0.471. The van der Waals surface area contributed by atoms with Crippen molar-refractivity contribution in [3.63, 3.8) is 0 Å². The van der Waals surface area contributed by atoms with Gasteiger partial charge in [0, 0.05) is 23.2 Å². The lowest BCUT2D eigenvalue weighted by Gasteiger charge is -2.22. The first-order valence-electron chi connectivity index (χ1n) is 7.14. The molecule has 2 nitrogen and oxygen atoms in total. The Bertz CT molecular complexity index is 748. The van der Waals surface area contributed by atoms with Crippen LogP contribution in [0.4, 0.5) is 4.39 Å². The molecular formula is C17H20FNO. The molecule has 1 fully saturated rings. The van der Waals surface area contributed by atoms with Crippen molar-refractivity contribution in [3.05, 3.63) is 45.5 Å². The molecule has 20 heavy (non-hydrogen) atoms. The van der Waals surface area contributed by atoms with E-state index in [1.54, 1.807) is 6.92 Å². The Morgan fingerprint density at radius 1 is 1.25 bits per heavy atom. The van der Waals surface area contributed by atoms with Crippen molar-refractivity contribution in [2.24, 2.45) is 0 Å². The predicted octanol–water partition coefficient (Wildman–Crippen LogP) is 4.08. The second kappa shape index (κ2) is 4.18. The molecule has 3 heteroatoms. The van der Waals surface area contributed by atoms with Crippen LogP contribution in [0, 0.1) is 12.7 Å². The van der Waals surface area contributed by atoms with Crippen molar-refractivity contribution in [1.29, 1.82) is 0 Å². The minimum absolute atomic E-state index is 0.0590. The summed E-state index contributed by atoms with van der Waals surface area (Å²) < 4.78 is 16.5. The van der Waals surface area contributed by atoms with Crippen molar-refractivity contribution in [2.45, 2.75) is 52.0 Å². The van der Waals surface area contributed by atoms with Gasteiger partial charge in [-0.3, -0.25) is 4.79 Å². The molecule has 1 aliphatic carbocycles. The van der Waals surface area contributed by atoms with E-state index in [0.717, 1.165) is 18.4 Å². The second-order valence-corrected chi connectivity index (χ2v) is 6.88. The summed E-state index contributed by atoms with van der Waals surface area (Å²) in [5.41, 5.74) is 1.90. The molecule has 0 amide bonds. The summed E-state index contributed by atoms with van der Waals surface area (Å²) in [6.45, 7) is 7.78. The number of aromatic nitrogens is 1. The summed E-state index contributed by atoms with van der Waals surface area (Å²) in [4.78, 5) is 12.3. The molecule has 1 aromatic heterocycles. The summed E-state index contributed by atoms with van der Waals surface area (Å²) in [6, 6.07) is 3.75. The highest BCUT2D eigenvalue weighted by Gasteiger charge is 2.27. The lowest BCUT2D eigenvalue weighted by Crippen LogP contribution is -2.17. The van der Waals surface area contributed by atoms with Crippen LogP contribution in [-0.2, 0) is 5.41 Å². The van der Waals surface area contributed by atoms with Gasteiger partial charge in [-0.1, -0.05) is 20.8 Å². The van der Waals surface area contributed by atoms with Crippen molar-refractivity contribution in [2.75, 3.05) is 0 Å². The fourth-order valence-electron chi connectivity index (χ4n) is 2.74. The van der Waals surface area contributed by atoms with Gasteiger partial charge in [0.15, 0.2) is 5.43 Å². The maximum Gasteiger partial charge on any atom is 0.192 e. The first-order valence-corrected chi connectivity index (χ1v) is 7.14. The summed E-state index contributed by atoms with van der Waals surface area (Å²) in [5.74, 6) is -0.282. The number of benzene rings is 1. The zero-order valence-corrected chi connectivity index (χ0v) is 12.5. The highest BCUT2D eigenvalue weighted by Crippen LogP contribution is 2.38. The minimum atomic E-state index is -0.282. The predicted molar refractivity (Wildman–Crippen MR) is 79.9 cm³/mol. The molecule has 2 aromatic rings. The number of nitrogens with zero attached hydrogens (tertiary/aromatic N) is 1. The average Bonchev–Trinajstić information content (AvgIpc) is 3.16. The molecule has 1 aliphatic rings. The topological polar surface area (TPSA) is 22.0 Å². The Balaban J connectivity index is 2.40. The number of fused-ring (bicyclic) bond motifs is 1. The largest absolute Gasteiger partial charge is 0.344 e. The molecule has 0 spiro atoms. The van der Waals surface area contributed by atoms with E-state index in [9.17, 15) is 9.18 Å². The summed E-state index contributed by atoms with van der Waals surface area (Å²) in [5, 5.41) is 0.502. The van der Waals surface area contributed by atoms with Crippen LogP contribution in [0.5, 0.6) is 0 Å². The molecule has 1 aromatic carbocycles. The smallest absolute Gasteiger partial charge is 0.192 e. The fourth-order valence-corrected chi connectivity index (χ4v) is 2.74. The van der Waals surface area contributed by atoms with Gasteiger partial charge in [-0.2, -0.15) is 0 Å². The molecule has 3 rings (SSSR count). The van der Waals surface area contributed by atoms with Crippen molar-refractivity contribution < 1.29 is 4.39 Å². The Morgan fingerprint density at radius 2 is 1.90 bits per heavy atom. The Kier molecular flexibility index (Phi) is 2.79. The third-order valence-electron chi connectivity index (χ3n) is 4.05. The molecule has 1 saturated carbocycles. The van der Waals surface area contributed by atoms with E-state index in [2.05, 4.69) is 4.57 Å². The number of hydrogen-bond donors (Lipinski definition) is 0. The number of halogens is 1. The van der Waals surface area contributed by atoms with Gasteiger partial charge in [0.05, 0.1) is 5.52 Å². The van der Waals surface area contributed by atoms with Crippen LogP contribution in [0.2, 0.25) is 0 Å². The van der Waals surface area contributed by atoms with Crippen LogP contribution in [0.15, 0.2) is 23.1 Å². The standard InChI is InChI=1S/C17H20FNO/c1-10-9-19(11-5-6-11)15-8-13(17(2,3)4)14(18)7-12(15)16(10)20/h7-9,11H,5-6H2,1-4H3. The summed E-state index contributed by atoms with van der Waals surface area (Å²) in [7, 11) is 0. The van der Waals surface area contributed by atoms with E-state index >= 15 is 0 Å². The molecule has 0 saturated heterocycles. The third kappa shape index (κ3) is 2.05. The number of pyridine rings is 1.